The Morgan fingerprint density at radius 3 is 2.18 bits per heavy atom. The van der Waals surface area contributed by atoms with Gasteiger partial charge in [0.25, 0.3) is 5.91 Å². The number of carbonyl (C=O) groups excluding carboxylic acids is 2. The maximum absolute atomic E-state index is 12.8. The molecule has 172 valence electrons. The second-order valence-electron chi connectivity index (χ2n) is 8.34. The minimum atomic E-state index is -0.631. The van der Waals surface area contributed by atoms with Crippen LogP contribution in [0.1, 0.15) is 52.4 Å². The number of hydrogen-bond donors (Lipinski definition) is 3. The fourth-order valence-corrected chi connectivity index (χ4v) is 3.99. The van der Waals surface area contributed by atoms with E-state index in [4.69, 9.17) is 0 Å². The molecule has 0 spiro atoms. The third-order valence-electron chi connectivity index (χ3n) is 5.70. The van der Waals surface area contributed by atoms with E-state index in [9.17, 15) is 9.59 Å². The highest BCUT2D eigenvalue weighted by molar-refractivity contribution is 7.96. The van der Waals surface area contributed by atoms with Crippen LogP contribution in [0.2, 0.25) is 0 Å². The molecule has 0 radical (unpaired) electrons. The van der Waals surface area contributed by atoms with E-state index in [1.165, 1.54) is 11.1 Å². The van der Waals surface area contributed by atoms with Crippen molar-refractivity contribution < 1.29 is 9.59 Å². The summed E-state index contributed by atoms with van der Waals surface area (Å²) in [5.74, 6) is -0.258. The summed E-state index contributed by atoms with van der Waals surface area (Å²) in [4.78, 5) is 24.8. The number of carbonyl (C=O) groups is 2. The zero-order valence-electron chi connectivity index (χ0n) is 19.3. The highest BCUT2D eigenvalue weighted by atomic mass is 32.1. The third-order valence-corrected chi connectivity index (χ3v) is 6.01. The Bertz CT molecular complexity index is 1070. The molecule has 3 aromatic carbocycles. The van der Waals surface area contributed by atoms with Crippen molar-refractivity contribution in [2.24, 2.45) is 0 Å². The highest BCUT2D eigenvalue weighted by Gasteiger charge is 2.20. The summed E-state index contributed by atoms with van der Waals surface area (Å²) in [6, 6.07) is 23.6. The molecule has 0 saturated heterocycles. The largest absolute Gasteiger partial charge is 0.381 e. The quantitative estimate of drug-likeness (QED) is 0.320. The van der Waals surface area contributed by atoms with Gasteiger partial charge in [0, 0.05) is 17.8 Å². The second kappa shape index (κ2) is 12.3. The lowest BCUT2D eigenvalue weighted by atomic mass is 10.0. The normalized spacial score (nSPS) is 11.6. The minimum absolute atomic E-state index is 0.258. The van der Waals surface area contributed by atoms with E-state index in [1.807, 2.05) is 49.4 Å². The molecule has 0 heterocycles. The van der Waals surface area contributed by atoms with Gasteiger partial charge in [-0.1, -0.05) is 67.9 Å². The van der Waals surface area contributed by atoms with Crippen molar-refractivity contribution in [3.8, 4) is 0 Å². The summed E-state index contributed by atoms with van der Waals surface area (Å²) in [5, 5.41) is 5.94. The first-order valence-electron chi connectivity index (χ1n) is 11.5. The minimum Gasteiger partial charge on any atom is -0.381 e. The molecule has 3 rings (SSSR count). The summed E-state index contributed by atoms with van der Waals surface area (Å²) >= 11 is 3.99. The monoisotopic (exact) mass is 460 g/mol. The molecule has 33 heavy (non-hydrogen) atoms. The summed E-state index contributed by atoms with van der Waals surface area (Å²) in [6.07, 6.45) is 3.45. The fraction of sp³-hybridized carbons (Fsp3) is 0.286. The molecule has 0 aliphatic rings. The first-order valence-corrected chi connectivity index (χ1v) is 11.9. The number of rotatable bonds is 11. The van der Waals surface area contributed by atoms with E-state index in [0.29, 0.717) is 24.9 Å². The smallest absolute Gasteiger partial charge is 0.252 e. The van der Waals surface area contributed by atoms with Crippen molar-refractivity contribution in [2.45, 2.75) is 52.1 Å². The van der Waals surface area contributed by atoms with Gasteiger partial charge in [0.1, 0.15) is 0 Å². The van der Waals surface area contributed by atoms with Crippen molar-refractivity contribution in [3.05, 3.63) is 101 Å². The van der Waals surface area contributed by atoms with E-state index < -0.39 is 6.04 Å². The Morgan fingerprint density at radius 1 is 0.879 bits per heavy atom. The summed E-state index contributed by atoms with van der Waals surface area (Å²) in [6.45, 7) is 4.80. The van der Waals surface area contributed by atoms with Crippen molar-refractivity contribution in [3.63, 3.8) is 0 Å². The molecule has 1 atom stereocenters. The number of nitrogens with one attached hydrogen (secondary N) is 2. The number of aryl methyl sites for hydroxylation is 3. The lowest BCUT2D eigenvalue weighted by Gasteiger charge is -2.17. The number of anilines is 1. The lowest BCUT2D eigenvalue weighted by molar-refractivity contribution is -0.112. The zero-order chi connectivity index (χ0) is 23.6. The van der Waals surface area contributed by atoms with Gasteiger partial charge in [-0.15, -0.1) is 12.6 Å². The maximum atomic E-state index is 12.8. The number of amides is 1. The number of thiol groups is 1. The van der Waals surface area contributed by atoms with Gasteiger partial charge in [-0.05, 0) is 66.6 Å². The fourth-order valence-electron chi connectivity index (χ4n) is 3.79. The average molecular weight is 461 g/mol. The summed E-state index contributed by atoms with van der Waals surface area (Å²) in [7, 11) is 0. The predicted octanol–water partition coefficient (Wildman–Crippen LogP) is 5.75. The van der Waals surface area contributed by atoms with Gasteiger partial charge in [-0.3, -0.25) is 9.59 Å². The maximum Gasteiger partial charge on any atom is 0.252 e. The van der Waals surface area contributed by atoms with Gasteiger partial charge in [-0.2, -0.15) is 0 Å². The molecule has 0 aromatic heterocycles. The summed E-state index contributed by atoms with van der Waals surface area (Å²) < 4.78 is 0. The van der Waals surface area contributed by atoms with Gasteiger partial charge in [0.05, 0.1) is 6.04 Å². The predicted molar refractivity (Wildman–Crippen MR) is 139 cm³/mol. The molecule has 0 saturated carbocycles. The van der Waals surface area contributed by atoms with E-state index in [-0.39, 0.29) is 11.0 Å². The second-order valence-corrected chi connectivity index (χ2v) is 8.78. The molecule has 0 aliphatic heterocycles. The van der Waals surface area contributed by atoms with Gasteiger partial charge in [-0.25, -0.2) is 0 Å². The molecule has 0 aliphatic carbocycles. The average Bonchev–Trinajstić information content (AvgIpc) is 2.82. The van der Waals surface area contributed by atoms with E-state index in [2.05, 4.69) is 54.5 Å². The number of hydrogen-bond acceptors (Lipinski definition) is 3. The molecular formula is C28H32N2O2S. The van der Waals surface area contributed by atoms with E-state index in [0.717, 1.165) is 29.7 Å². The molecule has 4 nitrogen and oxygen atoms in total. The molecule has 0 fully saturated rings. The van der Waals surface area contributed by atoms with Crippen LogP contribution in [0, 0.1) is 6.92 Å². The van der Waals surface area contributed by atoms with Crippen LogP contribution in [0.15, 0.2) is 72.8 Å². The van der Waals surface area contributed by atoms with Crippen LogP contribution in [-0.2, 0) is 24.2 Å². The molecular weight excluding hydrogens is 428 g/mol. The zero-order valence-corrected chi connectivity index (χ0v) is 20.2. The topological polar surface area (TPSA) is 58.2 Å². The highest BCUT2D eigenvalue weighted by Crippen LogP contribution is 2.18. The van der Waals surface area contributed by atoms with E-state index >= 15 is 0 Å². The van der Waals surface area contributed by atoms with Crippen LogP contribution in [0.4, 0.5) is 5.69 Å². The van der Waals surface area contributed by atoms with Gasteiger partial charge >= 0.3 is 0 Å². The van der Waals surface area contributed by atoms with Crippen molar-refractivity contribution in [1.82, 2.24) is 5.32 Å². The Hall–Kier alpha value is -3.05. The van der Waals surface area contributed by atoms with Gasteiger partial charge in [0.15, 0.2) is 0 Å². The Labute approximate surface area is 202 Å². The van der Waals surface area contributed by atoms with Gasteiger partial charge < -0.3 is 10.6 Å². The Morgan fingerprint density at radius 2 is 1.55 bits per heavy atom. The Balaban J connectivity index is 1.58. The van der Waals surface area contributed by atoms with Crippen molar-refractivity contribution >= 4 is 29.3 Å². The molecule has 3 aromatic rings. The third kappa shape index (κ3) is 7.50. The van der Waals surface area contributed by atoms with Crippen LogP contribution >= 0.6 is 12.6 Å². The van der Waals surface area contributed by atoms with E-state index in [1.54, 1.807) is 6.07 Å². The molecule has 1 amide bonds. The van der Waals surface area contributed by atoms with Gasteiger partial charge in [0.2, 0.25) is 5.12 Å². The lowest BCUT2D eigenvalue weighted by Crippen LogP contribution is -2.39. The van der Waals surface area contributed by atoms with Crippen LogP contribution < -0.4 is 10.6 Å². The summed E-state index contributed by atoms with van der Waals surface area (Å²) in [5.41, 5.74) is 6.05. The SMILES string of the molecule is CCCc1ccc(CNc2ccc(C(=O)NC(CCc3ccccc3)C(=O)S)c(C)c2)cc1. The standard InChI is InChI=1S/C28H32N2O2S/c1-3-7-21-10-12-23(13-11-21)19-29-24-15-16-25(20(2)18-24)27(31)30-26(28(32)33)17-14-22-8-5-4-6-9-22/h4-6,8-13,15-16,18,26,29H,3,7,14,17,19H2,1-2H3,(H,30,31)(H,32,33). The first kappa shape index (κ1) is 24.6. The molecule has 5 heteroatoms. The van der Waals surface area contributed by atoms with Crippen LogP contribution in [0.25, 0.3) is 0 Å². The number of benzene rings is 3. The molecule has 2 N–H and O–H groups in total. The van der Waals surface area contributed by atoms with Crippen LogP contribution in [0.3, 0.4) is 0 Å². The molecule has 1 unspecified atom stereocenters. The van der Waals surface area contributed by atoms with Crippen molar-refractivity contribution in [1.29, 1.82) is 0 Å². The van der Waals surface area contributed by atoms with Crippen LogP contribution in [-0.4, -0.2) is 17.1 Å². The van der Waals surface area contributed by atoms with Crippen molar-refractivity contribution in [2.75, 3.05) is 5.32 Å². The molecule has 0 bridgehead atoms. The van der Waals surface area contributed by atoms with Crippen LogP contribution in [0.5, 0.6) is 0 Å². The first-order chi connectivity index (χ1) is 16.0. The Kier molecular flexibility index (Phi) is 9.14.